The molecule has 0 bridgehead atoms. The third-order valence-electron chi connectivity index (χ3n) is 2.06. The number of hydrogen-bond acceptors (Lipinski definition) is 3. The topological polar surface area (TPSA) is 36.4 Å². The smallest absolute Gasteiger partial charge is 0.191 e. The van der Waals surface area contributed by atoms with Crippen LogP contribution in [0, 0.1) is 0 Å². The van der Waals surface area contributed by atoms with Gasteiger partial charge in [0.2, 0.25) is 0 Å². The fraction of sp³-hybridized carbons (Fsp3) is 0.900. The van der Waals surface area contributed by atoms with E-state index in [2.05, 4.69) is 42.0 Å². The van der Waals surface area contributed by atoms with Crippen LogP contribution in [0.1, 0.15) is 13.8 Å². The summed E-state index contributed by atoms with van der Waals surface area (Å²) < 4.78 is 0.247. The van der Waals surface area contributed by atoms with Crippen molar-refractivity contribution in [3.8, 4) is 0 Å². The maximum absolute atomic E-state index is 4.17. The summed E-state index contributed by atoms with van der Waals surface area (Å²) in [7, 11) is 1.81. The summed E-state index contributed by atoms with van der Waals surface area (Å²) in [5, 5.41) is 6.60. The van der Waals surface area contributed by atoms with Gasteiger partial charge < -0.3 is 10.6 Å². The molecule has 0 amide bonds. The van der Waals surface area contributed by atoms with Gasteiger partial charge in [0.25, 0.3) is 0 Å². The van der Waals surface area contributed by atoms with Gasteiger partial charge in [-0.25, -0.2) is 0 Å². The Labute approximate surface area is 125 Å². The quantitative estimate of drug-likeness (QED) is 0.322. The van der Waals surface area contributed by atoms with Gasteiger partial charge in [0.1, 0.15) is 0 Å². The Morgan fingerprint density at radius 3 is 2.31 bits per heavy atom. The van der Waals surface area contributed by atoms with Crippen molar-refractivity contribution in [3.05, 3.63) is 0 Å². The van der Waals surface area contributed by atoms with Crippen LogP contribution in [0.15, 0.2) is 4.99 Å². The molecule has 0 aliphatic rings. The van der Waals surface area contributed by atoms with E-state index in [1.165, 1.54) is 0 Å². The largest absolute Gasteiger partial charge is 0.356 e. The molecule has 16 heavy (non-hydrogen) atoms. The standard InChI is InChI=1S/C10H23N3S2.HI/c1-10(2,15-5)8-13-9(11-3)12-6-7-14-4;/h6-8H2,1-5H3,(H2,11,12,13);1H. The van der Waals surface area contributed by atoms with Crippen LogP contribution in [0.3, 0.4) is 0 Å². The van der Waals surface area contributed by atoms with E-state index in [0.717, 1.165) is 24.8 Å². The second kappa shape index (κ2) is 10.8. The zero-order chi connectivity index (χ0) is 11.7. The lowest BCUT2D eigenvalue weighted by atomic mass is 10.2. The number of hydrogen-bond donors (Lipinski definition) is 2. The van der Waals surface area contributed by atoms with Crippen molar-refractivity contribution >= 4 is 53.5 Å². The molecular formula is C10H24IN3S2. The number of thioether (sulfide) groups is 2. The molecule has 0 aromatic heterocycles. The SMILES string of the molecule is CN=C(NCCSC)NCC(C)(C)SC.I. The van der Waals surface area contributed by atoms with Crippen molar-refractivity contribution in [3.63, 3.8) is 0 Å². The highest BCUT2D eigenvalue weighted by Crippen LogP contribution is 2.19. The van der Waals surface area contributed by atoms with E-state index in [1.807, 2.05) is 23.5 Å². The summed E-state index contributed by atoms with van der Waals surface area (Å²) in [6.45, 7) is 6.33. The Kier molecular flexibility index (Phi) is 12.9. The fourth-order valence-electron chi connectivity index (χ4n) is 0.861. The van der Waals surface area contributed by atoms with E-state index in [1.54, 1.807) is 7.05 Å². The molecular weight excluding hydrogens is 353 g/mol. The Bertz CT molecular complexity index is 199. The molecule has 0 aromatic carbocycles. The normalized spacial score (nSPS) is 11.9. The molecule has 0 spiro atoms. The van der Waals surface area contributed by atoms with E-state index in [0.29, 0.717) is 0 Å². The monoisotopic (exact) mass is 377 g/mol. The highest BCUT2D eigenvalue weighted by molar-refractivity contribution is 14.0. The maximum atomic E-state index is 4.17. The third kappa shape index (κ3) is 9.89. The van der Waals surface area contributed by atoms with Crippen LogP contribution in [0.4, 0.5) is 0 Å². The highest BCUT2D eigenvalue weighted by Gasteiger charge is 2.15. The van der Waals surface area contributed by atoms with E-state index in [9.17, 15) is 0 Å². The molecule has 2 N–H and O–H groups in total. The van der Waals surface area contributed by atoms with Gasteiger partial charge in [0.15, 0.2) is 5.96 Å². The molecule has 0 aromatic rings. The summed E-state index contributed by atoms with van der Waals surface area (Å²) in [6.07, 6.45) is 4.24. The molecule has 0 atom stereocenters. The lowest BCUT2D eigenvalue weighted by Crippen LogP contribution is -2.43. The van der Waals surface area contributed by atoms with Crippen molar-refractivity contribution < 1.29 is 0 Å². The zero-order valence-corrected chi connectivity index (χ0v) is 14.8. The molecule has 0 radical (unpaired) electrons. The van der Waals surface area contributed by atoms with Gasteiger partial charge in [-0.1, -0.05) is 0 Å². The molecule has 0 aliphatic heterocycles. The summed E-state index contributed by atoms with van der Waals surface area (Å²) in [5.41, 5.74) is 0. The average Bonchev–Trinajstić information content (AvgIpc) is 2.23. The van der Waals surface area contributed by atoms with Crippen LogP contribution in [-0.4, -0.2) is 49.1 Å². The van der Waals surface area contributed by atoms with Crippen LogP contribution in [-0.2, 0) is 0 Å². The molecule has 0 aliphatic carbocycles. The lowest BCUT2D eigenvalue weighted by molar-refractivity contribution is 0.667. The Hall–Kier alpha value is 0.700. The van der Waals surface area contributed by atoms with Crippen molar-refractivity contribution in [1.29, 1.82) is 0 Å². The van der Waals surface area contributed by atoms with Gasteiger partial charge in [-0.3, -0.25) is 4.99 Å². The minimum atomic E-state index is 0. The van der Waals surface area contributed by atoms with Crippen LogP contribution in [0.25, 0.3) is 0 Å². The molecule has 3 nitrogen and oxygen atoms in total. The van der Waals surface area contributed by atoms with Crippen LogP contribution in [0.2, 0.25) is 0 Å². The van der Waals surface area contributed by atoms with Crippen LogP contribution < -0.4 is 10.6 Å². The Balaban J connectivity index is 0. The van der Waals surface area contributed by atoms with Crippen molar-refractivity contribution in [1.82, 2.24) is 10.6 Å². The van der Waals surface area contributed by atoms with E-state index >= 15 is 0 Å². The Morgan fingerprint density at radius 1 is 1.25 bits per heavy atom. The molecule has 6 heteroatoms. The van der Waals surface area contributed by atoms with Crippen molar-refractivity contribution in [2.75, 3.05) is 38.4 Å². The third-order valence-corrected chi connectivity index (χ3v) is 3.92. The molecule has 0 unspecified atom stereocenters. The predicted octanol–water partition coefficient (Wildman–Crippen LogP) is 2.27. The van der Waals surface area contributed by atoms with E-state index in [4.69, 9.17) is 0 Å². The van der Waals surface area contributed by atoms with Crippen molar-refractivity contribution in [2.45, 2.75) is 18.6 Å². The number of nitrogens with zero attached hydrogens (tertiary/aromatic N) is 1. The summed E-state index contributed by atoms with van der Waals surface area (Å²) in [4.78, 5) is 4.17. The Morgan fingerprint density at radius 2 is 1.88 bits per heavy atom. The van der Waals surface area contributed by atoms with Gasteiger partial charge >= 0.3 is 0 Å². The van der Waals surface area contributed by atoms with Gasteiger partial charge in [-0.15, -0.1) is 24.0 Å². The first-order valence-electron chi connectivity index (χ1n) is 5.04. The molecule has 0 saturated carbocycles. The van der Waals surface area contributed by atoms with Gasteiger partial charge in [0, 0.05) is 30.6 Å². The first kappa shape index (κ1) is 19.0. The number of rotatable bonds is 6. The number of nitrogens with one attached hydrogen (secondary N) is 2. The fourth-order valence-corrected chi connectivity index (χ4v) is 1.38. The van der Waals surface area contributed by atoms with Crippen LogP contribution >= 0.6 is 47.5 Å². The second-order valence-corrected chi connectivity index (χ2v) is 6.31. The first-order valence-corrected chi connectivity index (χ1v) is 7.66. The minimum absolute atomic E-state index is 0. The maximum Gasteiger partial charge on any atom is 0.191 e. The molecule has 98 valence electrons. The number of aliphatic imine (C=N–C) groups is 1. The van der Waals surface area contributed by atoms with E-state index < -0.39 is 0 Å². The predicted molar refractivity (Wildman–Crippen MR) is 90.8 cm³/mol. The van der Waals surface area contributed by atoms with Gasteiger partial charge in [-0.05, 0) is 26.4 Å². The van der Waals surface area contributed by atoms with Gasteiger partial charge in [-0.2, -0.15) is 23.5 Å². The molecule has 0 saturated heterocycles. The number of halogens is 1. The summed E-state index contributed by atoms with van der Waals surface area (Å²) in [5.74, 6) is 2.00. The molecule has 0 fully saturated rings. The summed E-state index contributed by atoms with van der Waals surface area (Å²) >= 11 is 3.69. The minimum Gasteiger partial charge on any atom is -0.356 e. The van der Waals surface area contributed by atoms with E-state index in [-0.39, 0.29) is 28.7 Å². The first-order chi connectivity index (χ1) is 7.05. The van der Waals surface area contributed by atoms with Crippen LogP contribution in [0.5, 0.6) is 0 Å². The average molecular weight is 377 g/mol. The molecule has 0 heterocycles. The highest BCUT2D eigenvalue weighted by atomic mass is 127. The number of guanidine groups is 1. The zero-order valence-electron chi connectivity index (χ0n) is 10.8. The van der Waals surface area contributed by atoms with Gasteiger partial charge in [0.05, 0.1) is 0 Å². The van der Waals surface area contributed by atoms with Crippen molar-refractivity contribution in [2.24, 2.45) is 4.99 Å². The summed E-state index contributed by atoms with van der Waals surface area (Å²) in [6, 6.07) is 0. The second-order valence-electron chi connectivity index (χ2n) is 3.81. The molecule has 0 rings (SSSR count). The lowest BCUT2D eigenvalue weighted by Gasteiger charge is -2.23.